The van der Waals surface area contributed by atoms with Gasteiger partial charge in [-0.05, 0) is 12.1 Å². The SMILES string of the molecule is CS(=O)(=O)CCn1nc(N)c2ccccc21. The fourth-order valence-corrected chi connectivity index (χ4v) is 2.08. The van der Waals surface area contributed by atoms with Crippen LogP contribution in [0.3, 0.4) is 0 Å². The molecule has 0 saturated carbocycles. The summed E-state index contributed by atoms with van der Waals surface area (Å²) in [6, 6.07) is 7.50. The van der Waals surface area contributed by atoms with E-state index in [0.717, 1.165) is 10.9 Å². The van der Waals surface area contributed by atoms with Crippen molar-refractivity contribution in [1.82, 2.24) is 9.78 Å². The van der Waals surface area contributed by atoms with Gasteiger partial charge in [0.25, 0.3) is 0 Å². The molecule has 2 aromatic rings. The highest BCUT2D eigenvalue weighted by Crippen LogP contribution is 2.19. The Morgan fingerprint density at radius 3 is 2.75 bits per heavy atom. The molecule has 0 atom stereocenters. The van der Waals surface area contributed by atoms with E-state index in [1.54, 1.807) is 4.68 Å². The van der Waals surface area contributed by atoms with Gasteiger partial charge in [0.15, 0.2) is 5.82 Å². The molecule has 0 radical (unpaired) electrons. The lowest BCUT2D eigenvalue weighted by molar-refractivity contribution is 0.590. The lowest BCUT2D eigenvalue weighted by Crippen LogP contribution is -2.12. The quantitative estimate of drug-likeness (QED) is 0.853. The highest BCUT2D eigenvalue weighted by molar-refractivity contribution is 7.90. The van der Waals surface area contributed by atoms with Crippen molar-refractivity contribution >= 4 is 26.6 Å². The zero-order chi connectivity index (χ0) is 11.8. The molecule has 0 spiro atoms. The molecule has 16 heavy (non-hydrogen) atoms. The average molecular weight is 239 g/mol. The van der Waals surface area contributed by atoms with E-state index >= 15 is 0 Å². The molecule has 5 nitrogen and oxygen atoms in total. The van der Waals surface area contributed by atoms with Crippen molar-refractivity contribution < 1.29 is 8.42 Å². The third-order valence-electron chi connectivity index (χ3n) is 2.36. The van der Waals surface area contributed by atoms with E-state index in [2.05, 4.69) is 5.10 Å². The van der Waals surface area contributed by atoms with Gasteiger partial charge in [0, 0.05) is 11.6 Å². The lowest BCUT2D eigenvalue weighted by atomic mass is 10.2. The van der Waals surface area contributed by atoms with E-state index in [4.69, 9.17) is 5.73 Å². The number of hydrogen-bond donors (Lipinski definition) is 1. The Kier molecular flexibility index (Phi) is 2.59. The summed E-state index contributed by atoms with van der Waals surface area (Å²) in [4.78, 5) is 0. The summed E-state index contributed by atoms with van der Waals surface area (Å²) >= 11 is 0. The van der Waals surface area contributed by atoms with Gasteiger partial charge in [0.05, 0.1) is 17.8 Å². The first-order chi connectivity index (χ1) is 7.47. The summed E-state index contributed by atoms with van der Waals surface area (Å²) < 4.78 is 23.8. The first kappa shape index (κ1) is 10.9. The van der Waals surface area contributed by atoms with Gasteiger partial charge in [-0.25, -0.2) is 8.42 Å². The third-order valence-corrected chi connectivity index (χ3v) is 3.28. The van der Waals surface area contributed by atoms with Gasteiger partial charge in [-0.3, -0.25) is 4.68 Å². The predicted molar refractivity (Wildman–Crippen MR) is 63.9 cm³/mol. The van der Waals surface area contributed by atoms with Gasteiger partial charge < -0.3 is 5.73 Å². The van der Waals surface area contributed by atoms with E-state index in [1.165, 1.54) is 6.26 Å². The van der Waals surface area contributed by atoms with Crippen LogP contribution in [0.5, 0.6) is 0 Å². The van der Waals surface area contributed by atoms with E-state index in [0.29, 0.717) is 12.4 Å². The molecule has 1 aromatic heterocycles. The van der Waals surface area contributed by atoms with Crippen molar-refractivity contribution in [1.29, 1.82) is 0 Å². The molecule has 6 heteroatoms. The molecule has 0 aliphatic rings. The number of nitrogens with two attached hydrogens (primary N) is 1. The Morgan fingerprint density at radius 1 is 1.38 bits per heavy atom. The molecular formula is C10H13N3O2S. The van der Waals surface area contributed by atoms with E-state index < -0.39 is 9.84 Å². The van der Waals surface area contributed by atoms with Gasteiger partial charge in [-0.1, -0.05) is 12.1 Å². The Morgan fingerprint density at radius 2 is 2.06 bits per heavy atom. The van der Waals surface area contributed by atoms with Crippen molar-refractivity contribution in [3.8, 4) is 0 Å². The Bertz CT molecular complexity index is 616. The molecule has 1 heterocycles. The molecule has 1 aromatic carbocycles. The second kappa shape index (κ2) is 3.79. The van der Waals surface area contributed by atoms with Gasteiger partial charge >= 0.3 is 0 Å². The zero-order valence-corrected chi connectivity index (χ0v) is 9.74. The van der Waals surface area contributed by atoms with Crippen LogP contribution in [0.15, 0.2) is 24.3 Å². The van der Waals surface area contributed by atoms with Crippen LogP contribution in [0.2, 0.25) is 0 Å². The third kappa shape index (κ3) is 2.16. The average Bonchev–Trinajstić information content (AvgIpc) is 2.53. The Balaban J connectivity index is 2.38. The normalized spacial score (nSPS) is 12.1. The number of benzene rings is 1. The number of para-hydroxylation sites is 1. The molecule has 2 N–H and O–H groups in total. The molecule has 0 saturated heterocycles. The Labute approximate surface area is 93.8 Å². The molecule has 2 rings (SSSR count). The first-order valence-electron chi connectivity index (χ1n) is 4.86. The number of nitrogens with zero attached hydrogens (tertiary/aromatic N) is 2. The van der Waals surface area contributed by atoms with Crippen LogP contribution in [0.1, 0.15) is 0 Å². The molecule has 0 aliphatic heterocycles. The van der Waals surface area contributed by atoms with Gasteiger partial charge in [-0.2, -0.15) is 5.10 Å². The minimum absolute atomic E-state index is 0.0676. The molecule has 0 aliphatic carbocycles. The predicted octanol–water partition coefficient (Wildman–Crippen LogP) is 0.663. The summed E-state index contributed by atoms with van der Waals surface area (Å²) in [6.07, 6.45) is 1.21. The summed E-state index contributed by atoms with van der Waals surface area (Å²) in [5, 5.41) is 4.98. The fraction of sp³-hybridized carbons (Fsp3) is 0.300. The fourth-order valence-electron chi connectivity index (χ4n) is 1.58. The van der Waals surface area contributed by atoms with Crippen LogP contribution in [0.4, 0.5) is 5.82 Å². The van der Waals surface area contributed by atoms with Crippen molar-refractivity contribution in [2.24, 2.45) is 0 Å². The molecule has 0 unspecified atom stereocenters. The van der Waals surface area contributed by atoms with Crippen LogP contribution >= 0.6 is 0 Å². The molecular weight excluding hydrogens is 226 g/mol. The topological polar surface area (TPSA) is 78.0 Å². The zero-order valence-electron chi connectivity index (χ0n) is 8.92. The van der Waals surface area contributed by atoms with Crippen LogP contribution in [-0.4, -0.2) is 30.2 Å². The van der Waals surface area contributed by atoms with Gasteiger partial charge in [0.1, 0.15) is 9.84 Å². The number of fused-ring (bicyclic) bond motifs is 1. The van der Waals surface area contributed by atoms with Crippen molar-refractivity contribution in [2.75, 3.05) is 17.7 Å². The smallest absolute Gasteiger partial charge is 0.153 e. The number of anilines is 1. The number of nitrogen functional groups attached to an aromatic ring is 1. The van der Waals surface area contributed by atoms with Crippen molar-refractivity contribution in [3.05, 3.63) is 24.3 Å². The highest BCUT2D eigenvalue weighted by Gasteiger charge is 2.09. The minimum Gasteiger partial charge on any atom is -0.382 e. The number of hydrogen-bond acceptors (Lipinski definition) is 4. The summed E-state index contributed by atoms with van der Waals surface area (Å²) in [6.45, 7) is 0.330. The molecule has 0 fully saturated rings. The largest absolute Gasteiger partial charge is 0.382 e. The summed E-state index contributed by atoms with van der Waals surface area (Å²) in [5.41, 5.74) is 6.60. The van der Waals surface area contributed by atoms with Crippen molar-refractivity contribution in [3.63, 3.8) is 0 Å². The maximum Gasteiger partial charge on any atom is 0.153 e. The monoisotopic (exact) mass is 239 g/mol. The highest BCUT2D eigenvalue weighted by atomic mass is 32.2. The molecule has 0 bridgehead atoms. The van der Waals surface area contributed by atoms with E-state index in [9.17, 15) is 8.42 Å². The van der Waals surface area contributed by atoms with Crippen LogP contribution in [-0.2, 0) is 16.4 Å². The first-order valence-corrected chi connectivity index (χ1v) is 6.92. The van der Waals surface area contributed by atoms with Crippen LogP contribution in [0, 0.1) is 0 Å². The molecule has 0 amide bonds. The number of aryl methyl sites for hydroxylation is 1. The molecule has 86 valence electrons. The summed E-state index contributed by atoms with van der Waals surface area (Å²) in [5.74, 6) is 0.502. The number of rotatable bonds is 3. The number of aromatic nitrogens is 2. The summed E-state index contributed by atoms with van der Waals surface area (Å²) in [7, 11) is -2.98. The van der Waals surface area contributed by atoms with E-state index in [-0.39, 0.29) is 5.75 Å². The maximum absolute atomic E-state index is 11.1. The van der Waals surface area contributed by atoms with E-state index in [1.807, 2.05) is 24.3 Å². The van der Waals surface area contributed by atoms with Crippen molar-refractivity contribution in [2.45, 2.75) is 6.54 Å². The Hall–Kier alpha value is -1.56. The maximum atomic E-state index is 11.1. The second-order valence-electron chi connectivity index (χ2n) is 3.76. The standard InChI is InChI=1S/C10H13N3O2S/c1-16(14,15)7-6-13-9-5-3-2-4-8(9)10(11)12-13/h2-5H,6-7H2,1H3,(H2,11,12). The number of sulfone groups is 1. The van der Waals surface area contributed by atoms with Crippen LogP contribution in [0.25, 0.3) is 10.9 Å². The van der Waals surface area contributed by atoms with Gasteiger partial charge in [-0.15, -0.1) is 0 Å². The lowest BCUT2D eigenvalue weighted by Gasteiger charge is -2.01. The van der Waals surface area contributed by atoms with Crippen LogP contribution < -0.4 is 5.73 Å². The minimum atomic E-state index is -2.98. The van der Waals surface area contributed by atoms with Gasteiger partial charge in [0.2, 0.25) is 0 Å². The second-order valence-corrected chi connectivity index (χ2v) is 6.02.